The number of halogens is 1. The molecule has 3 N–H and O–H groups in total. The van der Waals surface area contributed by atoms with E-state index in [1.807, 2.05) is 36.4 Å². The van der Waals surface area contributed by atoms with Crippen molar-refractivity contribution in [3.63, 3.8) is 0 Å². The van der Waals surface area contributed by atoms with E-state index in [9.17, 15) is 0 Å². The predicted molar refractivity (Wildman–Crippen MR) is 123 cm³/mol. The highest BCUT2D eigenvalue weighted by Crippen LogP contribution is 2.32. The third kappa shape index (κ3) is 7.06. The third-order valence-corrected chi connectivity index (χ3v) is 4.07. The van der Waals surface area contributed by atoms with E-state index in [2.05, 4.69) is 32.9 Å². The molecule has 1 aliphatic rings. The van der Waals surface area contributed by atoms with E-state index in [0.29, 0.717) is 13.3 Å². The molecule has 0 unspecified atom stereocenters. The van der Waals surface area contributed by atoms with Gasteiger partial charge in [0.25, 0.3) is 0 Å². The molecule has 0 spiro atoms. The minimum Gasteiger partial charge on any atom is -0.454 e. The number of pyridine rings is 1. The largest absolute Gasteiger partial charge is 0.454 e. The molecule has 0 amide bonds. The summed E-state index contributed by atoms with van der Waals surface area (Å²) in [5.74, 6) is 3.34. The summed E-state index contributed by atoms with van der Waals surface area (Å²) in [4.78, 5) is 8.90. The summed E-state index contributed by atoms with van der Waals surface area (Å²) in [6.45, 7) is 5.55. The van der Waals surface area contributed by atoms with E-state index >= 15 is 0 Å². The van der Waals surface area contributed by atoms with E-state index in [1.165, 1.54) is 0 Å². The van der Waals surface area contributed by atoms with Crippen molar-refractivity contribution in [3.8, 4) is 11.5 Å². The lowest BCUT2D eigenvalue weighted by Gasteiger charge is -2.11. The Morgan fingerprint density at radius 3 is 2.75 bits per heavy atom. The maximum atomic E-state index is 5.42. The number of rotatable bonds is 9. The van der Waals surface area contributed by atoms with E-state index in [0.717, 1.165) is 61.3 Å². The zero-order valence-corrected chi connectivity index (χ0v) is 18.4. The van der Waals surface area contributed by atoms with Crippen molar-refractivity contribution in [2.45, 2.75) is 26.3 Å². The van der Waals surface area contributed by atoms with Crippen molar-refractivity contribution >= 4 is 35.8 Å². The number of guanidine groups is 1. The molecule has 3 rings (SSSR count). The number of benzene rings is 1. The average molecular weight is 497 g/mol. The topological polar surface area (TPSA) is 79.8 Å². The number of hydrogen-bond acceptors (Lipinski definition) is 5. The SMILES string of the molecule is CCNC(=NCc1ccc2c(c1)OCO2)NCCCCNc1ccccn1.I. The van der Waals surface area contributed by atoms with Crippen molar-refractivity contribution in [1.29, 1.82) is 0 Å². The Bertz CT molecular complexity index is 743. The fourth-order valence-electron chi connectivity index (χ4n) is 2.69. The first kappa shape index (κ1) is 22.1. The van der Waals surface area contributed by atoms with Gasteiger partial charge in [-0.1, -0.05) is 12.1 Å². The van der Waals surface area contributed by atoms with Crippen LogP contribution in [0.5, 0.6) is 11.5 Å². The molecule has 7 nitrogen and oxygen atoms in total. The van der Waals surface area contributed by atoms with E-state index in [4.69, 9.17) is 9.47 Å². The number of nitrogens with one attached hydrogen (secondary N) is 3. The molecular weight excluding hydrogens is 469 g/mol. The first-order chi connectivity index (χ1) is 13.3. The fraction of sp³-hybridized carbons (Fsp3) is 0.400. The number of hydrogen-bond donors (Lipinski definition) is 3. The van der Waals surface area contributed by atoms with E-state index < -0.39 is 0 Å². The van der Waals surface area contributed by atoms with Crippen LogP contribution in [0.4, 0.5) is 5.82 Å². The van der Waals surface area contributed by atoms with Gasteiger partial charge in [0, 0.05) is 25.8 Å². The number of unbranched alkanes of at least 4 members (excludes halogenated alkanes) is 1. The minimum absolute atomic E-state index is 0. The van der Waals surface area contributed by atoms with Crippen molar-refractivity contribution in [2.75, 3.05) is 31.7 Å². The quantitative estimate of drug-likeness (QED) is 0.214. The Balaban J connectivity index is 0.00000280. The Kier molecular flexibility index (Phi) is 9.67. The van der Waals surface area contributed by atoms with Gasteiger partial charge in [-0.05, 0) is 49.6 Å². The normalized spacial score (nSPS) is 12.2. The number of aliphatic imine (C=N–C) groups is 1. The van der Waals surface area contributed by atoms with E-state index in [1.54, 1.807) is 6.20 Å². The molecule has 1 aromatic heterocycles. The second-order valence-corrected chi connectivity index (χ2v) is 6.16. The average Bonchev–Trinajstić information content (AvgIpc) is 3.17. The summed E-state index contributed by atoms with van der Waals surface area (Å²) in [5, 5.41) is 9.98. The van der Waals surface area contributed by atoms with Crippen LogP contribution in [0.25, 0.3) is 0 Å². The Hall–Kier alpha value is -2.23. The van der Waals surface area contributed by atoms with Crippen LogP contribution in [0, 0.1) is 0 Å². The molecule has 2 heterocycles. The first-order valence-electron chi connectivity index (χ1n) is 9.41. The van der Waals surface area contributed by atoms with Gasteiger partial charge in [0.2, 0.25) is 6.79 Å². The number of nitrogens with zero attached hydrogens (tertiary/aromatic N) is 2. The zero-order chi connectivity index (χ0) is 18.7. The molecule has 1 aliphatic heterocycles. The van der Waals surface area contributed by atoms with Gasteiger partial charge < -0.3 is 25.4 Å². The summed E-state index contributed by atoms with van der Waals surface area (Å²) in [5.41, 5.74) is 1.09. The molecule has 0 aliphatic carbocycles. The Labute approximate surface area is 183 Å². The Morgan fingerprint density at radius 2 is 1.93 bits per heavy atom. The van der Waals surface area contributed by atoms with Crippen molar-refractivity contribution < 1.29 is 9.47 Å². The molecule has 152 valence electrons. The third-order valence-electron chi connectivity index (χ3n) is 4.07. The second-order valence-electron chi connectivity index (χ2n) is 6.16. The molecule has 0 fully saturated rings. The Morgan fingerprint density at radius 1 is 1.07 bits per heavy atom. The number of ether oxygens (including phenoxy) is 2. The maximum absolute atomic E-state index is 5.42. The van der Waals surface area contributed by atoms with Crippen LogP contribution in [0.3, 0.4) is 0 Å². The molecule has 28 heavy (non-hydrogen) atoms. The van der Waals surface area contributed by atoms with Gasteiger partial charge in [0.15, 0.2) is 17.5 Å². The van der Waals surface area contributed by atoms with Crippen LogP contribution in [0.1, 0.15) is 25.3 Å². The molecule has 2 aromatic rings. The predicted octanol–water partition coefficient (Wildman–Crippen LogP) is 3.38. The van der Waals surface area contributed by atoms with Crippen LogP contribution in [-0.4, -0.2) is 37.4 Å². The standard InChI is InChI=1S/C20H27N5O2.HI/c1-2-21-20(24-12-6-5-11-23-19-7-3-4-10-22-19)25-14-16-8-9-17-18(13-16)27-15-26-17;/h3-4,7-10,13H,2,5-6,11-12,14-15H2,1H3,(H,22,23)(H2,21,24,25);1H. The van der Waals surface area contributed by atoms with Gasteiger partial charge in [0.1, 0.15) is 5.82 Å². The number of fused-ring (bicyclic) bond motifs is 1. The summed E-state index contributed by atoms with van der Waals surface area (Å²) >= 11 is 0. The monoisotopic (exact) mass is 497 g/mol. The van der Waals surface area contributed by atoms with Crippen LogP contribution in [-0.2, 0) is 6.54 Å². The molecule has 1 aromatic carbocycles. The zero-order valence-electron chi connectivity index (χ0n) is 16.1. The molecule has 0 saturated heterocycles. The lowest BCUT2D eigenvalue weighted by atomic mass is 10.2. The minimum atomic E-state index is 0. The van der Waals surface area contributed by atoms with Crippen LogP contribution in [0.2, 0.25) is 0 Å². The second kappa shape index (κ2) is 12.3. The molecule has 8 heteroatoms. The lowest BCUT2D eigenvalue weighted by molar-refractivity contribution is 0.174. The molecular formula is C20H28IN5O2. The summed E-state index contributed by atoms with van der Waals surface area (Å²) in [6.07, 6.45) is 3.91. The van der Waals surface area contributed by atoms with Gasteiger partial charge in [0.05, 0.1) is 6.54 Å². The number of aromatic nitrogens is 1. The first-order valence-corrected chi connectivity index (χ1v) is 9.41. The smallest absolute Gasteiger partial charge is 0.231 e. The summed E-state index contributed by atoms with van der Waals surface area (Å²) < 4.78 is 10.8. The molecule has 0 radical (unpaired) electrons. The highest BCUT2D eigenvalue weighted by atomic mass is 127. The van der Waals surface area contributed by atoms with Crippen molar-refractivity contribution in [2.24, 2.45) is 4.99 Å². The summed E-state index contributed by atoms with van der Waals surface area (Å²) in [6, 6.07) is 11.8. The van der Waals surface area contributed by atoms with Crippen molar-refractivity contribution in [3.05, 3.63) is 48.2 Å². The molecule has 0 bridgehead atoms. The van der Waals surface area contributed by atoms with Crippen LogP contribution < -0.4 is 25.4 Å². The van der Waals surface area contributed by atoms with Crippen LogP contribution >= 0.6 is 24.0 Å². The molecule has 0 saturated carbocycles. The van der Waals surface area contributed by atoms with Gasteiger partial charge >= 0.3 is 0 Å². The molecule has 0 atom stereocenters. The van der Waals surface area contributed by atoms with Gasteiger partial charge in [-0.15, -0.1) is 24.0 Å². The van der Waals surface area contributed by atoms with Crippen LogP contribution in [0.15, 0.2) is 47.6 Å². The van der Waals surface area contributed by atoms with Gasteiger partial charge in [-0.3, -0.25) is 0 Å². The lowest BCUT2D eigenvalue weighted by Crippen LogP contribution is -2.37. The highest BCUT2D eigenvalue weighted by Gasteiger charge is 2.12. The highest BCUT2D eigenvalue weighted by molar-refractivity contribution is 14.0. The van der Waals surface area contributed by atoms with Gasteiger partial charge in [-0.25, -0.2) is 9.98 Å². The van der Waals surface area contributed by atoms with E-state index in [-0.39, 0.29) is 24.0 Å². The fourth-order valence-corrected chi connectivity index (χ4v) is 2.69. The maximum Gasteiger partial charge on any atom is 0.231 e. The van der Waals surface area contributed by atoms with Gasteiger partial charge in [-0.2, -0.15) is 0 Å². The van der Waals surface area contributed by atoms with Crippen molar-refractivity contribution in [1.82, 2.24) is 15.6 Å². The number of anilines is 1. The summed E-state index contributed by atoms with van der Waals surface area (Å²) in [7, 11) is 0.